The van der Waals surface area contributed by atoms with Crippen LogP contribution < -0.4 is 4.74 Å². The van der Waals surface area contributed by atoms with Crippen molar-refractivity contribution in [2.45, 2.75) is 61.9 Å². The number of rotatable bonds is 4. The van der Waals surface area contributed by atoms with Crippen molar-refractivity contribution in [2.75, 3.05) is 6.61 Å². The van der Waals surface area contributed by atoms with Crippen molar-refractivity contribution >= 4 is 11.4 Å². The zero-order valence-electron chi connectivity index (χ0n) is 16.5. The molecule has 31 heavy (non-hydrogen) atoms. The van der Waals surface area contributed by atoms with Gasteiger partial charge in [0.2, 0.25) is 6.29 Å². The molecule has 10 heteroatoms. The fourth-order valence-electron chi connectivity index (χ4n) is 4.28. The van der Waals surface area contributed by atoms with Gasteiger partial charge in [0.1, 0.15) is 36.3 Å². The first-order valence-electron chi connectivity index (χ1n) is 10.1. The van der Waals surface area contributed by atoms with Crippen LogP contribution in [0.1, 0.15) is 18.4 Å². The zero-order chi connectivity index (χ0) is 22.3. The van der Waals surface area contributed by atoms with E-state index in [1.54, 1.807) is 12.1 Å². The molecule has 10 nitrogen and oxygen atoms in total. The van der Waals surface area contributed by atoms with E-state index in [0.717, 1.165) is 0 Å². The van der Waals surface area contributed by atoms with Crippen molar-refractivity contribution in [3.05, 3.63) is 36.1 Å². The summed E-state index contributed by atoms with van der Waals surface area (Å²) >= 11 is 0. The van der Waals surface area contributed by atoms with Gasteiger partial charge >= 0.3 is 0 Å². The van der Waals surface area contributed by atoms with Gasteiger partial charge in [0.15, 0.2) is 5.78 Å². The number of carbonyl (C=O) groups is 1. The van der Waals surface area contributed by atoms with E-state index < -0.39 is 61.5 Å². The Labute approximate surface area is 177 Å². The third-order valence-electron chi connectivity index (χ3n) is 6.03. The molecule has 0 radical (unpaired) electrons. The first kappa shape index (κ1) is 22.2. The summed E-state index contributed by atoms with van der Waals surface area (Å²) in [5.41, 5.74) is 0.819. The predicted molar refractivity (Wildman–Crippen MR) is 103 cm³/mol. The van der Waals surface area contributed by atoms with Gasteiger partial charge in [0, 0.05) is 12.8 Å². The molecule has 9 atom stereocenters. The third-order valence-corrected chi connectivity index (χ3v) is 6.03. The lowest BCUT2D eigenvalue weighted by Gasteiger charge is -2.39. The van der Waals surface area contributed by atoms with E-state index in [4.69, 9.17) is 14.2 Å². The summed E-state index contributed by atoms with van der Waals surface area (Å²) in [5, 5.41) is 59.0. The second-order valence-electron chi connectivity index (χ2n) is 8.13. The summed E-state index contributed by atoms with van der Waals surface area (Å²) in [6.45, 7) is -0.564. The minimum absolute atomic E-state index is 0.120. The standard InChI is InChI=1S/C21H26O10/c22-7-15-18(26)19(27)20(28)21(31-15)30-11-3-1-9(2-4-11)12-8-29-14-6-10(23)5-13(24)16(14)17(12)25/h1-4,8,10,13-16,18-24,26-28H,5-7H2/t10?,13?,14?,15-,16?,18-,19+,20-,21-/m1/s1. The highest BCUT2D eigenvalue weighted by atomic mass is 16.7. The van der Waals surface area contributed by atoms with E-state index in [1.807, 2.05) is 0 Å². The Morgan fingerprint density at radius 2 is 1.68 bits per heavy atom. The molecule has 6 N–H and O–H groups in total. The molecule has 1 aromatic rings. The molecule has 4 unspecified atom stereocenters. The van der Waals surface area contributed by atoms with Crippen LogP contribution in [0.2, 0.25) is 0 Å². The number of aliphatic hydroxyl groups is 6. The van der Waals surface area contributed by atoms with Crippen molar-refractivity contribution in [1.29, 1.82) is 0 Å². The molecule has 2 heterocycles. The van der Waals surface area contributed by atoms with Gasteiger partial charge in [-0.25, -0.2) is 0 Å². The summed E-state index contributed by atoms with van der Waals surface area (Å²) in [6.07, 6.45) is -7.49. The number of ketones is 1. The van der Waals surface area contributed by atoms with Crippen LogP contribution in [0.5, 0.6) is 5.75 Å². The Bertz CT molecular complexity index is 822. The second kappa shape index (κ2) is 8.83. The molecule has 0 amide bonds. The van der Waals surface area contributed by atoms with E-state index in [1.165, 1.54) is 18.4 Å². The van der Waals surface area contributed by atoms with Crippen molar-refractivity contribution in [2.24, 2.45) is 5.92 Å². The zero-order valence-corrected chi connectivity index (χ0v) is 16.5. The highest BCUT2D eigenvalue weighted by Crippen LogP contribution is 2.37. The lowest BCUT2D eigenvalue weighted by atomic mass is 9.76. The Balaban J connectivity index is 1.47. The second-order valence-corrected chi connectivity index (χ2v) is 8.13. The molecule has 2 fully saturated rings. The number of hydrogen-bond acceptors (Lipinski definition) is 10. The van der Waals surface area contributed by atoms with E-state index in [9.17, 15) is 35.4 Å². The van der Waals surface area contributed by atoms with Crippen LogP contribution >= 0.6 is 0 Å². The van der Waals surface area contributed by atoms with E-state index in [-0.39, 0.29) is 29.9 Å². The fourth-order valence-corrected chi connectivity index (χ4v) is 4.28. The molecule has 0 spiro atoms. The number of hydrogen-bond donors (Lipinski definition) is 6. The van der Waals surface area contributed by atoms with Gasteiger partial charge in [0.05, 0.1) is 36.6 Å². The number of carbonyl (C=O) groups excluding carboxylic acids is 1. The maximum Gasteiger partial charge on any atom is 0.229 e. The first-order chi connectivity index (χ1) is 14.8. The van der Waals surface area contributed by atoms with E-state index in [0.29, 0.717) is 5.56 Å². The van der Waals surface area contributed by atoms with Gasteiger partial charge in [0.25, 0.3) is 0 Å². The molecule has 1 saturated heterocycles. The maximum absolute atomic E-state index is 12.9. The van der Waals surface area contributed by atoms with Crippen molar-refractivity contribution in [3.8, 4) is 5.75 Å². The van der Waals surface area contributed by atoms with Crippen molar-refractivity contribution < 1.29 is 49.6 Å². The Kier molecular flexibility index (Phi) is 6.31. The maximum atomic E-state index is 12.9. The van der Waals surface area contributed by atoms with Gasteiger partial charge < -0.3 is 44.8 Å². The number of ether oxygens (including phenoxy) is 3. The quantitative estimate of drug-likeness (QED) is 0.319. The number of allylic oxidation sites excluding steroid dienone is 1. The molecule has 1 aromatic carbocycles. The van der Waals surface area contributed by atoms with E-state index >= 15 is 0 Å². The topological polar surface area (TPSA) is 166 Å². The molecule has 0 bridgehead atoms. The highest BCUT2D eigenvalue weighted by molar-refractivity contribution is 6.22. The molecular formula is C21H26O10. The van der Waals surface area contributed by atoms with Gasteiger partial charge in [-0.15, -0.1) is 0 Å². The lowest BCUT2D eigenvalue weighted by molar-refractivity contribution is -0.277. The van der Waals surface area contributed by atoms with Gasteiger partial charge in [-0.2, -0.15) is 0 Å². The molecule has 3 aliphatic rings. The van der Waals surface area contributed by atoms with E-state index in [2.05, 4.69) is 0 Å². The summed E-state index contributed by atoms with van der Waals surface area (Å²) in [5.74, 6) is -0.747. The molecule has 1 saturated carbocycles. The Morgan fingerprint density at radius 3 is 2.35 bits per heavy atom. The largest absolute Gasteiger partial charge is 0.496 e. The number of aliphatic hydroxyl groups excluding tert-OH is 6. The molecule has 170 valence electrons. The minimum Gasteiger partial charge on any atom is -0.496 e. The first-order valence-corrected chi connectivity index (χ1v) is 10.1. The Hall–Kier alpha value is -2.05. The SMILES string of the molecule is O=C1C(c2ccc(O[C@@H]3O[C@H](CO)[C@@H](O)[C@H](O)[C@H]3O)cc2)=COC2CC(O)CC(O)C12. The van der Waals surface area contributed by atoms with Gasteiger partial charge in [-0.1, -0.05) is 12.1 Å². The summed E-state index contributed by atoms with van der Waals surface area (Å²) in [4.78, 5) is 12.9. The molecule has 0 aromatic heterocycles. The van der Waals surface area contributed by atoms with Crippen LogP contribution in [0.25, 0.3) is 5.57 Å². The number of Topliss-reactive ketones (excluding diaryl/α,β-unsaturated/α-hetero) is 1. The monoisotopic (exact) mass is 438 g/mol. The molecule has 1 aliphatic carbocycles. The summed E-state index contributed by atoms with van der Waals surface area (Å²) in [7, 11) is 0. The highest BCUT2D eigenvalue weighted by Gasteiger charge is 2.46. The third kappa shape index (κ3) is 4.20. The molecule has 4 rings (SSSR count). The van der Waals surface area contributed by atoms with Gasteiger partial charge in [-0.05, 0) is 17.7 Å². The Morgan fingerprint density at radius 1 is 0.968 bits per heavy atom. The average Bonchev–Trinajstić information content (AvgIpc) is 2.74. The minimum atomic E-state index is -1.55. The van der Waals surface area contributed by atoms with Crippen molar-refractivity contribution in [1.82, 2.24) is 0 Å². The average molecular weight is 438 g/mol. The van der Waals surface area contributed by atoms with Crippen LogP contribution in [-0.2, 0) is 14.3 Å². The van der Waals surface area contributed by atoms with Gasteiger partial charge in [-0.3, -0.25) is 4.79 Å². The molecule has 2 aliphatic heterocycles. The number of fused-ring (bicyclic) bond motifs is 1. The lowest BCUT2D eigenvalue weighted by Crippen LogP contribution is -2.60. The van der Waals surface area contributed by atoms with Crippen LogP contribution in [0.15, 0.2) is 30.5 Å². The summed E-state index contributed by atoms with van der Waals surface area (Å²) in [6, 6.07) is 6.24. The van der Waals surface area contributed by atoms with Crippen LogP contribution in [0.4, 0.5) is 0 Å². The molecular weight excluding hydrogens is 412 g/mol. The normalized spacial score (nSPS) is 40.5. The number of benzene rings is 1. The predicted octanol–water partition coefficient (Wildman–Crippen LogP) is -1.69. The summed E-state index contributed by atoms with van der Waals surface area (Å²) < 4.78 is 16.5. The smallest absolute Gasteiger partial charge is 0.229 e. The fraction of sp³-hybridized carbons (Fsp3) is 0.571. The van der Waals surface area contributed by atoms with Crippen LogP contribution in [-0.4, -0.2) is 92.0 Å². The van der Waals surface area contributed by atoms with Crippen molar-refractivity contribution in [3.63, 3.8) is 0 Å². The van der Waals surface area contributed by atoms with Crippen LogP contribution in [0, 0.1) is 5.92 Å². The van der Waals surface area contributed by atoms with Crippen LogP contribution in [0.3, 0.4) is 0 Å².